The minimum absolute atomic E-state index is 0.127. The second kappa shape index (κ2) is 67.5. The Labute approximate surface area is 499 Å². The molecule has 0 aromatic carbocycles. The lowest BCUT2D eigenvalue weighted by molar-refractivity contribution is -0.166. The highest BCUT2D eigenvalue weighted by Gasteiger charge is 2.19. The van der Waals surface area contributed by atoms with E-state index in [9.17, 15) is 14.4 Å². The van der Waals surface area contributed by atoms with Crippen LogP contribution in [0.2, 0.25) is 0 Å². The summed E-state index contributed by atoms with van der Waals surface area (Å²) >= 11 is 0. The topological polar surface area (TPSA) is 78.9 Å². The zero-order valence-electron chi connectivity index (χ0n) is 52.2. The van der Waals surface area contributed by atoms with Gasteiger partial charge in [0.05, 0.1) is 0 Å². The molecule has 6 heteroatoms. The molecule has 0 rings (SSSR count). The lowest BCUT2D eigenvalue weighted by atomic mass is 10.0. The van der Waals surface area contributed by atoms with Crippen molar-refractivity contribution in [2.75, 3.05) is 13.2 Å². The number of rotatable bonds is 58. The number of unbranched alkanes of at least 4 members (excludes halogenated alkanes) is 21. The largest absolute Gasteiger partial charge is 0.462 e. The first-order valence-electron chi connectivity index (χ1n) is 33.0. The van der Waals surface area contributed by atoms with E-state index in [0.717, 1.165) is 109 Å². The minimum atomic E-state index is -0.844. The lowest BCUT2D eigenvalue weighted by Crippen LogP contribution is -2.30. The van der Waals surface area contributed by atoms with Gasteiger partial charge in [0.2, 0.25) is 0 Å². The molecule has 0 spiro atoms. The van der Waals surface area contributed by atoms with Crippen LogP contribution < -0.4 is 0 Å². The van der Waals surface area contributed by atoms with Crippen molar-refractivity contribution >= 4 is 17.9 Å². The highest BCUT2D eigenvalue weighted by atomic mass is 16.6. The summed E-state index contributed by atoms with van der Waals surface area (Å²) in [6, 6.07) is 0. The Bertz CT molecular complexity index is 1810. The first-order chi connectivity index (χ1) is 40.0. The first kappa shape index (κ1) is 76.0. The molecule has 0 fully saturated rings. The van der Waals surface area contributed by atoms with E-state index < -0.39 is 12.1 Å². The smallest absolute Gasteiger partial charge is 0.306 e. The molecule has 0 N–H and O–H groups in total. The zero-order chi connectivity index (χ0) is 58.5. The molecule has 0 aromatic heterocycles. The Morgan fingerprint density at radius 3 is 0.827 bits per heavy atom. The molecule has 0 aromatic rings. The third-order valence-corrected chi connectivity index (χ3v) is 13.5. The molecular formula is C75H120O6. The normalized spacial score (nSPS) is 13.2. The highest BCUT2D eigenvalue weighted by molar-refractivity contribution is 5.71. The Balaban J connectivity index is 4.42. The zero-order valence-corrected chi connectivity index (χ0v) is 52.2. The second-order valence-corrected chi connectivity index (χ2v) is 21.3. The summed E-state index contributed by atoms with van der Waals surface area (Å²) in [4.78, 5) is 38.3. The molecule has 0 saturated heterocycles. The molecule has 0 heterocycles. The maximum atomic E-state index is 12.9. The molecule has 0 bridgehead atoms. The molecule has 81 heavy (non-hydrogen) atoms. The fraction of sp³-hybridized carbons (Fsp3) is 0.613. The molecule has 1 unspecified atom stereocenters. The predicted octanol–water partition coefficient (Wildman–Crippen LogP) is 22.9. The van der Waals surface area contributed by atoms with Crippen LogP contribution in [0.1, 0.15) is 278 Å². The number of carbonyl (C=O) groups is 3. The van der Waals surface area contributed by atoms with Gasteiger partial charge in [0.1, 0.15) is 13.2 Å². The van der Waals surface area contributed by atoms with Crippen molar-refractivity contribution < 1.29 is 28.6 Å². The van der Waals surface area contributed by atoms with Gasteiger partial charge in [-0.1, -0.05) is 281 Å². The summed E-state index contributed by atoms with van der Waals surface area (Å²) < 4.78 is 16.8. The van der Waals surface area contributed by atoms with Gasteiger partial charge in [-0.15, -0.1) is 0 Å². The van der Waals surface area contributed by atoms with Crippen LogP contribution in [0.5, 0.6) is 0 Å². The van der Waals surface area contributed by atoms with Crippen molar-refractivity contribution in [1.29, 1.82) is 0 Å². The van der Waals surface area contributed by atoms with Gasteiger partial charge in [-0.3, -0.25) is 14.4 Å². The van der Waals surface area contributed by atoms with Gasteiger partial charge in [-0.2, -0.15) is 0 Å². The second-order valence-electron chi connectivity index (χ2n) is 21.3. The maximum absolute atomic E-state index is 12.9. The molecule has 0 saturated carbocycles. The molecule has 0 radical (unpaired) electrons. The van der Waals surface area contributed by atoms with Crippen LogP contribution >= 0.6 is 0 Å². The standard InChI is InChI=1S/C75H120O6/c1-4-7-10-13-16-19-22-25-28-30-32-33-34-35-36-37-38-39-40-41-43-44-47-50-53-56-59-62-65-68-74(77)80-71-72(70-79-73(76)67-64-61-58-55-52-49-46-27-24-21-18-15-12-9-6-3)81-75(78)69-66-63-60-57-54-51-48-45-42-31-29-26-23-20-17-14-11-8-5-2/h8-9,11-12,17-18,20-22,25-27,29-30,32,34-35,42,45-46,51-52,54-55,60,63,72H,4-7,10,13-16,19,23-24,28,31,33,36-41,43-44,47-50,53,56-59,61-62,64-71H2,1-3H3/b11-8-,12-9-,20-17-,21-18-,25-22-,29-26-,32-30-,35-34-,45-42-,46-27-,54-51-,55-52-,63-60-. The van der Waals surface area contributed by atoms with Gasteiger partial charge < -0.3 is 14.2 Å². The van der Waals surface area contributed by atoms with E-state index in [0.29, 0.717) is 19.3 Å². The van der Waals surface area contributed by atoms with E-state index in [-0.39, 0.29) is 38.0 Å². The molecule has 1 atom stereocenters. The van der Waals surface area contributed by atoms with E-state index >= 15 is 0 Å². The summed E-state index contributed by atoms with van der Waals surface area (Å²) in [6.45, 7) is 6.30. The van der Waals surface area contributed by atoms with Crippen molar-refractivity contribution in [1.82, 2.24) is 0 Å². The van der Waals surface area contributed by atoms with Crippen LogP contribution in [-0.2, 0) is 28.6 Å². The highest BCUT2D eigenvalue weighted by Crippen LogP contribution is 2.15. The number of carbonyl (C=O) groups excluding carboxylic acids is 3. The molecule has 0 aliphatic carbocycles. The fourth-order valence-corrected chi connectivity index (χ4v) is 8.64. The quantitative estimate of drug-likeness (QED) is 0.0261. The van der Waals surface area contributed by atoms with E-state index in [2.05, 4.69) is 167 Å². The van der Waals surface area contributed by atoms with Crippen LogP contribution in [0, 0.1) is 0 Å². The fourth-order valence-electron chi connectivity index (χ4n) is 8.64. The summed E-state index contributed by atoms with van der Waals surface area (Å²) in [6.07, 6.45) is 98.5. The van der Waals surface area contributed by atoms with E-state index in [4.69, 9.17) is 14.2 Å². The summed E-state index contributed by atoms with van der Waals surface area (Å²) in [5.74, 6) is -1.06. The Morgan fingerprint density at radius 2 is 0.506 bits per heavy atom. The SMILES string of the molecule is CC/C=C\C/C=C\C/C=C\C/C=C\C/C=C\C/C=C\CCC(=O)OC(COC(=O)CCCC/C=C\C/C=C\C/C=C\C/C=C\CC)COC(=O)CCCCCCCCCCCCCCCC/C=C\C/C=C\C/C=C\CCCCCCC. The van der Waals surface area contributed by atoms with Crippen molar-refractivity contribution in [3.63, 3.8) is 0 Å². The van der Waals surface area contributed by atoms with Gasteiger partial charge in [-0.05, 0) is 135 Å². The molecule has 0 amide bonds. The third-order valence-electron chi connectivity index (χ3n) is 13.5. The molecule has 456 valence electrons. The molecule has 0 aliphatic rings. The summed E-state index contributed by atoms with van der Waals surface area (Å²) in [5.41, 5.74) is 0. The Morgan fingerprint density at radius 1 is 0.259 bits per heavy atom. The van der Waals surface area contributed by atoms with Crippen LogP contribution in [0.15, 0.2) is 158 Å². The van der Waals surface area contributed by atoms with Crippen molar-refractivity contribution in [2.24, 2.45) is 0 Å². The van der Waals surface area contributed by atoms with Crippen LogP contribution in [-0.4, -0.2) is 37.2 Å². The van der Waals surface area contributed by atoms with E-state index in [1.54, 1.807) is 0 Å². The van der Waals surface area contributed by atoms with Gasteiger partial charge in [0, 0.05) is 19.3 Å². The monoisotopic (exact) mass is 1120 g/mol. The minimum Gasteiger partial charge on any atom is -0.462 e. The van der Waals surface area contributed by atoms with E-state index in [1.807, 2.05) is 12.2 Å². The van der Waals surface area contributed by atoms with Gasteiger partial charge >= 0.3 is 17.9 Å². The van der Waals surface area contributed by atoms with Gasteiger partial charge in [0.25, 0.3) is 0 Å². The van der Waals surface area contributed by atoms with Gasteiger partial charge in [0.15, 0.2) is 6.10 Å². The average molecular weight is 1120 g/mol. The first-order valence-corrected chi connectivity index (χ1v) is 33.0. The predicted molar refractivity (Wildman–Crippen MR) is 352 cm³/mol. The van der Waals surface area contributed by atoms with Gasteiger partial charge in [-0.25, -0.2) is 0 Å². The maximum Gasteiger partial charge on any atom is 0.306 e. The Kier molecular flexibility index (Phi) is 63.4. The van der Waals surface area contributed by atoms with E-state index in [1.165, 1.54) is 116 Å². The number of allylic oxidation sites excluding steroid dienone is 26. The third kappa shape index (κ3) is 65.7. The van der Waals surface area contributed by atoms with Crippen molar-refractivity contribution in [2.45, 2.75) is 284 Å². The molecule has 0 aliphatic heterocycles. The lowest BCUT2D eigenvalue weighted by Gasteiger charge is -2.18. The number of hydrogen-bond acceptors (Lipinski definition) is 6. The molecular weight excluding hydrogens is 997 g/mol. The van der Waals surface area contributed by atoms with Crippen LogP contribution in [0.4, 0.5) is 0 Å². The van der Waals surface area contributed by atoms with Crippen molar-refractivity contribution in [3.8, 4) is 0 Å². The molecule has 6 nitrogen and oxygen atoms in total. The summed E-state index contributed by atoms with van der Waals surface area (Å²) in [5, 5.41) is 0. The average Bonchev–Trinajstić information content (AvgIpc) is 3.47. The Hall–Kier alpha value is -4.97. The van der Waals surface area contributed by atoms with Crippen LogP contribution in [0.25, 0.3) is 0 Å². The van der Waals surface area contributed by atoms with Crippen LogP contribution in [0.3, 0.4) is 0 Å². The van der Waals surface area contributed by atoms with Crippen molar-refractivity contribution in [3.05, 3.63) is 158 Å². The number of ether oxygens (including phenoxy) is 3. The number of hydrogen-bond donors (Lipinski definition) is 0. The summed E-state index contributed by atoms with van der Waals surface area (Å²) in [7, 11) is 0. The number of esters is 3.